The first kappa shape index (κ1) is 10.5. The van der Waals surface area contributed by atoms with E-state index in [2.05, 4.69) is 0 Å². The minimum Gasteiger partial charge on any atom is -0.423 e. The Morgan fingerprint density at radius 1 is 1.27 bits per heavy atom. The van der Waals surface area contributed by atoms with Crippen LogP contribution in [0.5, 0.6) is 0 Å². The number of rotatable bonds is 2. The predicted molar refractivity (Wildman–Crippen MR) is 56.6 cm³/mol. The zero-order valence-electron chi connectivity index (χ0n) is 7.52. The number of hydrogen-bond acceptors (Lipinski definition) is 3. The maximum absolute atomic E-state index is 12.4. The van der Waals surface area contributed by atoms with Gasteiger partial charge in [-0.1, -0.05) is 18.2 Å². The molecule has 0 aliphatic rings. The van der Waals surface area contributed by atoms with Crippen LogP contribution in [0, 0.1) is 0 Å². The average Bonchev–Trinajstić information content (AvgIpc) is 2.60. The quantitative estimate of drug-likeness (QED) is 0.765. The highest BCUT2D eigenvalue weighted by atomic mass is 32.1. The molecule has 2 N–H and O–H groups in total. The van der Waals surface area contributed by atoms with E-state index in [9.17, 15) is 8.78 Å². The maximum Gasteiger partial charge on any atom is 0.489 e. The molecule has 1 aromatic carbocycles. The van der Waals surface area contributed by atoms with Crippen molar-refractivity contribution in [3.05, 3.63) is 29.1 Å². The Morgan fingerprint density at radius 2 is 2.00 bits per heavy atom. The smallest absolute Gasteiger partial charge is 0.423 e. The molecule has 0 radical (unpaired) electrons. The van der Waals surface area contributed by atoms with Crippen molar-refractivity contribution in [1.82, 2.24) is 0 Å². The fourth-order valence-electron chi connectivity index (χ4n) is 1.42. The van der Waals surface area contributed by atoms with E-state index in [1.165, 1.54) is 12.1 Å². The lowest BCUT2D eigenvalue weighted by atomic mass is 9.80. The summed E-state index contributed by atoms with van der Waals surface area (Å²) < 4.78 is 25.3. The third-order valence-corrected chi connectivity index (χ3v) is 3.29. The first-order chi connectivity index (χ1) is 7.09. The van der Waals surface area contributed by atoms with E-state index in [0.29, 0.717) is 10.1 Å². The van der Waals surface area contributed by atoms with E-state index in [-0.39, 0.29) is 10.3 Å². The molecule has 78 valence electrons. The fourth-order valence-corrected chi connectivity index (χ4v) is 2.46. The predicted octanol–water partition coefficient (Wildman–Crippen LogP) is 1.52. The second kappa shape index (κ2) is 3.88. The molecule has 0 fully saturated rings. The Hall–Kier alpha value is -0.975. The largest absolute Gasteiger partial charge is 0.489 e. The van der Waals surface area contributed by atoms with Crippen molar-refractivity contribution in [3.8, 4) is 0 Å². The van der Waals surface area contributed by atoms with Gasteiger partial charge in [-0.2, -0.15) is 0 Å². The Kier molecular flexibility index (Phi) is 2.73. The van der Waals surface area contributed by atoms with Gasteiger partial charge in [-0.25, -0.2) is 8.78 Å². The van der Waals surface area contributed by atoms with E-state index in [4.69, 9.17) is 10.0 Å². The molecule has 0 amide bonds. The highest BCUT2D eigenvalue weighted by molar-refractivity contribution is 7.20. The average molecular weight is 228 g/mol. The second-order valence-corrected chi connectivity index (χ2v) is 4.17. The van der Waals surface area contributed by atoms with Crippen LogP contribution in [-0.4, -0.2) is 17.2 Å². The van der Waals surface area contributed by atoms with Gasteiger partial charge in [-0.05, 0) is 16.9 Å². The van der Waals surface area contributed by atoms with E-state index >= 15 is 0 Å². The molecule has 0 aliphatic carbocycles. The summed E-state index contributed by atoms with van der Waals surface area (Å²) in [4.78, 5) is -0.0573. The minimum atomic E-state index is -2.52. The monoisotopic (exact) mass is 228 g/mol. The van der Waals surface area contributed by atoms with Gasteiger partial charge < -0.3 is 10.0 Å². The molecule has 1 aromatic heterocycles. The zero-order valence-corrected chi connectivity index (χ0v) is 8.34. The van der Waals surface area contributed by atoms with E-state index in [0.717, 1.165) is 11.3 Å². The maximum atomic E-state index is 12.4. The molecule has 0 bridgehead atoms. The van der Waals surface area contributed by atoms with Gasteiger partial charge in [0.1, 0.15) is 0 Å². The van der Waals surface area contributed by atoms with E-state index < -0.39 is 13.5 Å². The minimum absolute atomic E-state index is 0.0573. The normalized spacial score (nSPS) is 11.3. The second-order valence-electron chi connectivity index (χ2n) is 3.09. The van der Waals surface area contributed by atoms with Crippen molar-refractivity contribution >= 4 is 34.0 Å². The van der Waals surface area contributed by atoms with Crippen molar-refractivity contribution in [2.75, 3.05) is 0 Å². The summed E-state index contributed by atoms with van der Waals surface area (Å²) in [6, 6.07) is 6.16. The Balaban J connectivity index is 2.64. The molecular formula is C9H7BF2O2S. The van der Waals surface area contributed by atoms with Gasteiger partial charge in [0.15, 0.2) is 0 Å². The fraction of sp³-hybridized carbons (Fsp3) is 0.111. The topological polar surface area (TPSA) is 40.5 Å². The summed E-state index contributed by atoms with van der Waals surface area (Å²) in [6.45, 7) is 0. The number of halogens is 2. The summed E-state index contributed by atoms with van der Waals surface area (Å²) in [5, 5.41) is 18.7. The van der Waals surface area contributed by atoms with Crippen LogP contribution in [0.1, 0.15) is 11.3 Å². The summed E-state index contributed by atoms with van der Waals surface area (Å²) in [5.74, 6) is 0. The Bertz CT molecular complexity index is 484. The van der Waals surface area contributed by atoms with Crippen LogP contribution in [0.4, 0.5) is 8.78 Å². The first-order valence-electron chi connectivity index (χ1n) is 4.26. The van der Waals surface area contributed by atoms with E-state index in [1.807, 2.05) is 0 Å². The van der Waals surface area contributed by atoms with Gasteiger partial charge in [0.2, 0.25) is 0 Å². The van der Waals surface area contributed by atoms with Crippen LogP contribution in [0.25, 0.3) is 10.1 Å². The molecular weight excluding hydrogens is 221 g/mol. The van der Waals surface area contributed by atoms with Crippen molar-refractivity contribution in [2.45, 2.75) is 6.43 Å². The highest BCUT2D eigenvalue weighted by Crippen LogP contribution is 2.31. The molecule has 0 unspecified atom stereocenters. The van der Waals surface area contributed by atoms with Gasteiger partial charge in [0.25, 0.3) is 6.43 Å². The summed E-state index contributed by atoms with van der Waals surface area (Å²) >= 11 is 0.890. The Labute approximate surface area is 88.9 Å². The van der Waals surface area contributed by atoms with Crippen LogP contribution in [-0.2, 0) is 0 Å². The summed E-state index contributed by atoms with van der Waals surface area (Å²) in [6.07, 6.45) is -2.52. The molecule has 6 heteroatoms. The lowest BCUT2D eigenvalue weighted by Gasteiger charge is -1.99. The molecule has 1 heterocycles. The number of thiophene rings is 1. The molecule has 0 aliphatic heterocycles. The third-order valence-electron chi connectivity index (χ3n) is 2.09. The van der Waals surface area contributed by atoms with Crippen LogP contribution >= 0.6 is 11.3 Å². The highest BCUT2D eigenvalue weighted by Gasteiger charge is 2.18. The molecule has 0 saturated heterocycles. The number of hydrogen-bond donors (Lipinski definition) is 2. The molecule has 0 saturated carbocycles. The Morgan fingerprint density at radius 3 is 2.60 bits per heavy atom. The van der Waals surface area contributed by atoms with Gasteiger partial charge >= 0.3 is 7.12 Å². The van der Waals surface area contributed by atoms with Gasteiger partial charge in [0, 0.05) is 4.70 Å². The molecule has 2 aromatic rings. The summed E-state index contributed by atoms with van der Waals surface area (Å²) in [5.41, 5.74) is 0.268. The van der Waals surface area contributed by atoms with Gasteiger partial charge in [-0.3, -0.25) is 0 Å². The third kappa shape index (κ3) is 1.88. The number of fused-ring (bicyclic) bond motifs is 1. The van der Waals surface area contributed by atoms with Crippen LogP contribution < -0.4 is 5.46 Å². The summed E-state index contributed by atoms with van der Waals surface area (Å²) in [7, 11) is -1.63. The lowest BCUT2D eigenvalue weighted by Crippen LogP contribution is -2.29. The zero-order chi connectivity index (χ0) is 11.0. The van der Waals surface area contributed by atoms with Crippen LogP contribution in [0.2, 0.25) is 0 Å². The van der Waals surface area contributed by atoms with E-state index in [1.54, 1.807) is 12.1 Å². The van der Waals surface area contributed by atoms with Crippen molar-refractivity contribution in [1.29, 1.82) is 0 Å². The number of alkyl halides is 2. The van der Waals surface area contributed by atoms with Crippen molar-refractivity contribution < 1.29 is 18.8 Å². The molecule has 2 nitrogen and oxygen atoms in total. The van der Waals surface area contributed by atoms with Gasteiger partial charge in [-0.15, -0.1) is 11.3 Å². The van der Waals surface area contributed by atoms with Gasteiger partial charge in [0.05, 0.1) is 4.88 Å². The van der Waals surface area contributed by atoms with Crippen LogP contribution in [0.15, 0.2) is 24.3 Å². The number of benzene rings is 1. The van der Waals surface area contributed by atoms with Crippen molar-refractivity contribution in [2.24, 2.45) is 0 Å². The SMILES string of the molecule is OB(O)c1cccc2cc(C(F)F)sc12. The standard InChI is InChI=1S/C9H7BF2O2S/c11-9(12)7-4-5-2-1-3-6(10(13)14)8(5)15-7/h1-4,9,13-14H. The molecule has 0 atom stereocenters. The molecule has 2 rings (SSSR count). The molecule has 15 heavy (non-hydrogen) atoms. The molecule has 0 spiro atoms. The lowest BCUT2D eigenvalue weighted by molar-refractivity contribution is 0.156. The van der Waals surface area contributed by atoms with Crippen molar-refractivity contribution in [3.63, 3.8) is 0 Å². The van der Waals surface area contributed by atoms with Crippen LogP contribution in [0.3, 0.4) is 0 Å². The first-order valence-corrected chi connectivity index (χ1v) is 5.08.